The van der Waals surface area contributed by atoms with Gasteiger partial charge in [0.05, 0.1) is 16.9 Å². The summed E-state index contributed by atoms with van der Waals surface area (Å²) in [6.45, 7) is 0.661. The summed E-state index contributed by atoms with van der Waals surface area (Å²) in [6.07, 6.45) is 1.81. The maximum Gasteiger partial charge on any atom is 0.417 e. The SMILES string of the molecule is Cn1ncc(Cl)c1-c1cc(NC(=O)Oc2ccc(=O)oc2)ccc1OCCN. The predicted octanol–water partition coefficient (Wildman–Crippen LogP) is 2.64. The van der Waals surface area contributed by atoms with Crippen LogP contribution in [0.2, 0.25) is 5.02 Å². The minimum atomic E-state index is -0.758. The number of hydrogen-bond donors (Lipinski definition) is 2. The van der Waals surface area contributed by atoms with Gasteiger partial charge in [-0.3, -0.25) is 10.00 Å². The molecule has 3 N–H and O–H groups in total. The molecule has 9 nitrogen and oxygen atoms in total. The molecule has 2 aromatic heterocycles. The van der Waals surface area contributed by atoms with E-state index in [1.54, 1.807) is 29.9 Å². The van der Waals surface area contributed by atoms with E-state index in [2.05, 4.69) is 14.8 Å². The van der Waals surface area contributed by atoms with E-state index in [-0.39, 0.29) is 5.75 Å². The highest BCUT2D eigenvalue weighted by Gasteiger charge is 2.16. The van der Waals surface area contributed by atoms with Crippen LogP contribution >= 0.6 is 11.6 Å². The van der Waals surface area contributed by atoms with Crippen LogP contribution in [0, 0.1) is 0 Å². The number of nitrogens with zero attached hydrogens (tertiary/aromatic N) is 2. The number of anilines is 1. The predicted molar refractivity (Wildman–Crippen MR) is 103 cm³/mol. The first kappa shape index (κ1) is 19.5. The molecule has 0 radical (unpaired) electrons. The Balaban J connectivity index is 1.85. The molecule has 0 saturated carbocycles. The third kappa shape index (κ3) is 4.51. The van der Waals surface area contributed by atoms with E-state index in [1.807, 2.05) is 0 Å². The molecule has 1 aromatic carbocycles. The largest absolute Gasteiger partial charge is 0.492 e. The molecule has 0 saturated heterocycles. The molecule has 10 heteroatoms. The highest BCUT2D eigenvalue weighted by molar-refractivity contribution is 6.33. The van der Waals surface area contributed by atoms with E-state index in [0.29, 0.717) is 40.9 Å². The van der Waals surface area contributed by atoms with Crippen LogP contribution in [0.3, 0.4) is 0 Å². The Labute approximate surface area is 164 Å². The Morgan fingerprint density at radius 3 is 2.82 bits per heavy atom. The molecule has 3 aromatic rings. The lowest BCUT2D eigenvalue weighted by atomic mass is 10.1. The van der Waals surface area contributed by atoms with Gasteiger partial charge in [0.25, 0.3) is 0 Å². The fourth-order valence-electron chi connectivity index (χ4n) is 2.45. The molecule has 0 aliphatic rings. The van der Waals surface area contributed by atoms with Crippen molar-refractivity contribution in [3.63, 3.8) is 0 Å². The summed E-state index contributed by atoms with van der Waals surface area (Å²) in [5, 5.41) is 7.15. The molecule has 0 aliphatic carbocycles. The zero-order chi connectivity index (χ0) is 20.1. The topological polar surface area (TPSA) is 122 Å². The van der Waals surface area contributed by atoms with E-state index in [0.717, 1.165) is 12.3 Å². The third-order valence-electron chi connectivity index (χ3n) is 3.64. The highest BCUT2D eigenvalue weighted by Crippen LogP contribution is 2.36. The lowest BCUT2D eigenvalue weighted by Gasteiger charge is -2.14. The van der Waals surface area contributed by atoms with Crippen molar-refractivity contribution in [1.82, 2.24) is 9.78 Å². The second-order valence-electron chi connectivity index (χ2n) is 5.62. The van der Waals surface area contributed by atoms with Gasteiger partial charge < -0.3 is 19.6 Å². The zero-order valence-electron chi connectivity index (χ0n) is 14.8. The van der Waals surface area contributed by atoms with Crippen molar-refractivity contribution in [2.75, 3.05) is 18.5 Å². The van der Waals surface area contributed by atoms with Crippen LogP contribution in [0.4, 0.5) is 10.5 Å². The number of benzene rings is 1. The molecule has 0 aliphatic heterocycles. The number of hydrogen-bond acceptors (Lipinski definition) is 7. The molecular weight excluding hydrogens is 388 g/mol. The quantitative estimate of drug-likeness (QED) is 0.647. The first-order chi connectivity index (χ1) is 13.5. The summed E-state index contributed by atoms with van der Waals surface area (Å²) >= 11 is 6.25. The van der Waals surface area contributed by atoms with Crippen molar-refractivity contribution in [2.24, 2.45) is 12.8 Å². The lowest BCUT2D eigenvalue weighted by molar-refractivity contribution is 0.213. The number of aryl methyl sites for hydroxylation is 1. The molecular formula is C18H17ClN4O5. The minimum absolute atomic E-state index is 0.0925. The van der Waals surface area contributed by atoms with Crippen LogP contribution < -0.4 is 26.1 Å². The van der Waals surface area contributed by atoms with Gasteiger partial charge in [-0.05, 0) is 24.3 Å². The molecule has 0 atom stereocenters. The molecule has 2 heterocycles. The van der Waals surface area contributed by atoms with Crippen molar-refractivity contribution in [2.45, 2.75) is 0 Å². The maximum atomic E-state index is 12.1. The first-order valence-electron chi connectivity index (χ1n) is 8.20. The van der Waals surface area contributed by atoms with E-state index in [1.165, 1.54) is 12.3 Å². The fourth-order valence-corrected chi connectivity index (χ4v) is 2.72. The summed E-state index contributed by atoms with van der Waals surface area (Å²) in [7, 11) is 1.74. The number of halogens is 1. The van der Waals surface area contributed by atoms with Crippen molar-refractivity contribution >= 4 is 23.4 Å². The number of nitrogens with two attached hydrogens (primary N) is 1. The van der Waals surface area contributed by atoms with Gasteiger partial charge in [0.15, 0.2) is 5.75 Å². The minimum Gasteiger partial charge on any atom is -0.492 e. The van der Waals surface area contributed by atoms with Gasteiger partial charge in [0, 0.05) is 30.9 Å². The second-order valence-corrected chi connectivity index (χ2v) is 6.02. The van der Waals surface area contributed by atoms with Crippen LogP contribution in [-0.4, -0.2) is 29.0 Å². The van der Waals surface area contributed by atoms with Gasteiger partial charge >= 0.3 is 11.7 Å². The number of carbonyl (C=O) groups is 1. The third-order valence-corrected chi connectivity index (χ3v) is 3.91. The van der Waals surface area contributed by atoms with Crippen LogP contribution in [0.1, 0.15) is 0 Å². The van der Waals surface area contributed by atoms with E-state index in [4.69, 9.17) is 26.8 Å². The maximum absolute atomic E-state index is 12.1. The van der Waals surface area contributed by atoms with E-state index in [9.17, 15) is 9.59 Å². The van der Waals surface area contributed by atoms with Gasteiger partial charge in [0.1, 0.15) is 18.6 Å². The average Bonchev–Trinajstić information content (AvgIpc) is 3.00. The lowest BCUT2D eigenvalue weighted by Crippen LogP contribution is -2.17. The second kappa shape index (κ2) is 8.59. The van der Waals surface area contributed by atoms with Gasteiger partial charge in [-0.1, -0.05) is 11.6 Å². The number of ether oxygens (including phenoxy) is 2. The Morgan fingerprint density at radius 1 is 1.36 bits per heavy atom. The normalized spacial score (nSPS) is 10.5. The Bertz CT molecular complexity index is 1010. The average molecular weight is 405 g/mol. The van der Waals surface area contributed by atoms with Gasteiger partial charge in [0.2, 0.25) is 0 Å². The molecule has 28 heavy (non-hydrogen) atoms. The van der Waals surface area contributed by atoms with Crippen LogP contribution in [-0.2, 0) is 7.05 Å². The first-order valence-corrected chi connectivity index (χ1v) is 8.58. The number of rotatable bonds is 6. The Kier molecular flexibility index (Phi) is 5.97. The van der Waals surface area contributed by atoms with Gasteiger partial charge in [-0.25, -0.2) is 9.59 Å². The Morgan fingerprint density at radius 2 is 2.18 bits per heavy atom. The molecule has 0 fully saturated rings. The van der Waals surface area contributed by atoms with Crippen molar-refractivity contribution in [3.8, 4) is 22.8 Å². The fraction of sp³-hybridized carbons (Fsp3) is 0.167. The van der Waals surface area contributed by atoms with Crippen molar-refractivity contribution in [3.05, 3.63) is 58.2 Å². The molecule has 0 spiro atoms. The number of nitrogens with one attached hydrogen (secondary N) is 1. The summed E-state index contributed by atoms with van der Waals surface area (Å²) in [5.74, 6) is 0.634. The van der Waals surface area contributed by atoms with Crippen LogP contribution in [0.15, 0.2) is 52.0 Å². The summed E-state index contributed by atoms with van der Waals surface area (Å²) in [5.41, 5.74) is 6.66. The summed E-state index contributed by atoms with van der Waals surface area (Å²) in [4.78, 5) is 23.1. The van der Waals surface area contributed by atoms with Crippen molar-refractivity contribution in [1.29, 1.82) is 0 Å². The molecule has 3 rings (SSSR count). The smallest absolute Gasteiger partial charge is 0.417 e. The van der Waals surface area contributed by atoms with Gasteiger partial charge in [-0.2, -0.15) is 5.10 Å². The molecule has 1 amide bonds. The molecule has 0 bridgehead atoms. The summed E-state index contributed by atoms with van der Waals surface area (Å²) < 4.78 is 17.0. The van der Waals surface area contributed by atoms with E-state index < -0.39 is 11.7 Å². The standard InChI is InChI=1S/C18H17ClN4O5/c1-23-17(14(19)9-21-23)13-8-11(2-4-15(13)26-7-6-20)22-18(25)28-12-3-5-16(24)27-10-12/h2-5,8-10H,6-7,20H2,1H3,(H,22,25). The number of carbonyl (C=O) groups excluding carboxylic acids is 1. The summed E-state index contributed by atoms with van der Waals surface area (Å²) in [6, 6.07) is 7.49. The number of aromatic nitrogens is 2. The monoisotopic (exact) mass is 404 g/mol. The molecule has 0 unspecified atom stereocenters. The van der Waals surface area contributed by atoms with Gasteiger partial charge in [-0.15, -0.1) is 0 Å². The van der Waals surface area contributed by atoms with Crippen LogP contribution in [0.25, 0.3) is 11.3 Å². The number of amides is 1. The van der Waals surface area contributed by atoms with Crippen molar-refractivity contribution < 1.29 is 18.7 Å². The zero-order valence-corrected chi connectivity index (χ0v) is 15.6. The van der Waals surface area contributed by atoms with Crippen LogP contribution in [0.5, 0.6) is 11.5 Å². The Hall–Kier alpha value is -3.30. The van der Waals surface area contributed by atoms with E-state index >= 15 is 0 Å². The highest BCUT2D eigenvalue weighted by atomic mass is 35.5. The molecule has 146 valence electrons.